The molecule has 0 radical (unpaired) electrons. The largest absolute Gasteiger partial charge is 0.507 e. The Bertz CT molecular complexity index is 533. The van der Waals surface area contributed by atoms with E-state index in [2.05, 4.69) is 5.32 Å². The summed E-state index contributed by atoms with van der Waals surface area (Å²) >= 11 is 0. The zero-order chi connectivity index (χ0) is 16.2. The number of hydrogen-bond donors (Lipinski definition) is 3. The lowest BCUT2D eigenvalue weighted by molar-refractivity contribution is -0.138. The van der Waals surface area contributed by atoms with Crippen molar-refractivity contribution in [2.24, 2.45) is 5.41 Å². The Morgan fingerprint density at radius 1 is 1.33 bits per heavy atom. The summed E-state index contributed by atoms with van der Waals surface area (Å²) in [5.41, 5.74) is -0.341. The molecule has 21 heavy (non-hydrogen) atoms. The first-order valence-electron chi connectivity index (χ1n) is 6.55. The first-order valence-corrected chi connectivity index (χ1v) is 6.55. The molecule has 1 aromatic rings. The number of carbonyl (C=O) groups is 2. The lowest BCUT2D eigenvalue weighted by Crippen LogP contribution is -2.45. The molecule has 1 amide bonds. The highest BCUT2D eigenvalue weighted by Crippen LogP contribution is 2.26. The van der Waals surface area contributed by atoms with E-state index < -0.39 is 23.3 Å². The van der Waals surface area contributed by atoms with Crippen LogP contribution in [-0.2, 0) is 4.79 Å². The molecule has 6 nitrogen and oxygen atoms in total. The number of carboxylic acids is 1. The Kier molecular flexibility index (Phi) is 5.18. The fourth-order valence-electron chi connectivity index (χ4n) is 1.81. The fraction of sp³-hybridized carbons (Fsp3) is 0.467. The average Bonchev–Trinajstić information content (AvgIpc) is 2.35. The Labute approximate surface area is 123 Å². The molecule has 0 saturated carbocycles. The summed E-state index contributed by atoms with van der Waals surface area (Å²) in [6.45, 7) is 5.53. The monoisotopic (exact) mass is 295 g/mol. The number of phenols is 1. The van der Waals surface area contributed by atoms with Gasteiger partial charge in [0.15, 0.2) is 0 Å². The van der Waals surface area contributed by atoms with Gasteiger partial charge in [-0.05, 0) is 17.5 Å². The quantitative estimate of drug-likeness (QED) is 0.772. The van der Waals surface area contributed by atoms with Gasteiger partial charge in [0.1, 0.15) is 11.5 Å². The number of aromatic hydroxyl groups is 1. The molecule has 6 heteroatoms. The lowest BCUT2D eigenvalue weighted by atomic mass is 9.84. The van der Waals surface area contributed by atoms with E-state index in [4.69, 9.17) is 9.84 Å². The highest BCUT2D eigenvalue weighted by molar-refractivity contribution is 5.97. The van der Waals surface area contributed by atoms with Gasteiger partial charge in [0, 0.05) is 12.1 Å². The Hall–Kier alpha value is -2.24. The van der Waals surface area contributed by atoms with Crippen molar-refractivity contribution in [3.05, 3.63) is 23.8 Å². The standard InChI is InChI=1S/C15H21NO5/c1-15(2,3)12(8-13(18)19)16-14(20)10-6-5-9(21-4)7-11(10)17/h5-7,12,17H,8H2,1-4H3,(H,16,20)(H,18,19). The van der Waals surface area contributed by atoms with Gasteiger partial charge in [-0.3, -0.25) is 9.59 Å². The minimum absolute atomic E-state index is 0.0791. The maximum atomic E-state index is 12.2. The van der Waals surface area contributed by atoms with Crippen molar-refractivity contribution in [2.45, 2.75) is 33.2 Å². The molecule has 0 fully saturated rings. The van der Waals surface area contributed by atoms with Gasteiger partial charge in [-0.15, -0.1) is 0 Å². The van der Waals surface area contributed by atoms with Crippen LogP contribution in [0.1, 0.15) is 37.6 Å². The van der Waals surface area contributed by atoms with Crippen LogP contribution in [0.25, 0.3) is 0 Å². The number of nitrogens with one attached hydrogen (secondary N) is 1. The van der Waals surface area contributed by atoms with Crippen LogP contribution in [0.15, 0.2) is 18.2 Å². The molecule has 0 bridgehead atoms. The van der Waals surface area contributed by atoms with Crippen LogP contribution in [0.5, 0.6) is 11.5 Å². The molecule has 0 saturated heterocycles. The molecule has 1 unspecified atom stereocenters. The van der Waals surface area contributed by atoms with Crippen LogP contribution in [0, 0.1) is 5.41 Å². The van der Waals surface area contributed by atoms with Crippen LogP contribution in [0.3, 0.4) is 0 Å². The predicted molar refractivity (Wildman–Crippen MR) is 77.6 cm³/mol. The molecule has 0 aliphatic heterocycles. The zero-order valence-corrected chi connectivity index (χ0v) is 12.6. The Morgan fingerprint density at radius 3 is 2.38 bits per heavy atom. The van der Waals surface area contributed by atoms with E-state index in [1.54, 1.807) is 6.07 Å². The molecule has 0 heterocycles. The number of methoxy groups -OCH3 is 1. The summed E-state index contributed by atoms with van der Waals surface area (Å²) in [5, 5.41) is 21.4. The van der Waals surface area contributed by atoms with Crippen molar-refractivity contribution in [1.29, 1.82) is 0 Å². The van der Waals surface area contributed by atoms with Crippen molar-refractivity contribution in [3.8, 4) is 11.5 Å². The van der Waals surface area contributed by atoms with Gasteiger partial charge in [-0.1, -0.05) is 20.8 Å². The second-order valence-corrected chi connectivity index (χ2v) is 5.87. The van der Waals surface area contributed by atoms with Gasteiger partial charge < -0.3 is 20.3 Å². The van der Waals surface area contributed by atoms with E-state index in [1.807, 2.05) is 20.8 Å². The van der Waals surface area contributed by atoms with E-state index >= 15 is 0 Å². The van der Waals surface area contributed by atoms with E-state index in [0.717, 1.165) is 0 Å². The molecular formula is C15H21NO5. The van der Waals surface area contributed by atoms with Crippen molar-refractivity contribution >= 4 is 11.9 Å². The minimum atomic E-state index is -0.992. The van der Waals surface area contributed by atoms with E-state index in [1.165, 1.54) is 19.2 Å². The molecule has 0 aromatic heterocycles. The lowest BCUT2D eigenvalue weighted by Gasteiger charge is -2.30. The molecule has 1 atom stereocenters. The normalized spacial score (nSPS) is 12.6. The number of rotatable bonds is 5. The van der Waals surface area contributed by atoms with Crippen LogP contribution in [0.4, 0.5) is 0 Å². The summed E-state index contributed by atoms with van der Waals surface area (Å²) in [5.74, 6) is -1.29. The predicted octanol–water partition coefficient (Wildman–Crippen LogP) is 2.02. The molecule has 0 aliphatic rings. The van der Waals surface area contributed by atoms with Gasteiger partial charge in [-0.25, -0.2) is 0 Å². The molecule has 1 rings (SSSR count). The van der Waals surface area contributed by atoms with E-state index in [0.29, 0.717) is 5.75 Å². The second-order valence-electron chi connectivity index (χ2n) is 5.87. The van der Waals surface area contributed by atoms with Crippen molar-refractivity contribution in [1.82, 2.24) is 5.32 Å². The number of amides is 1. The maximum Gasteiger partial charge on any atom is 0.305 e. The zero-order valence-electron chi connectivity index (χ0n) is 12.6. The highest BCUT2D eigenvalue weighted by atomic mass is 16.5. The number of aliphatic carboxylic acids is 1. The summed E-state index contributed by atoms with van der Waals surface area (Å²) in [6, 6.07) is 3.77. The number of phenolic OH excluding ortho intramolecular Hbond substituents is 1. The Balaban J connectivity index is 2.94. The van der Waals surface area contributed by atoms with Crippen molar-refractivity contribution in [2.75, 3.05) is 7.11 Å². The number of ether oxygens (including phenoxy) is 1. The minimum Gasteiger partial charge on any atom is -0.507 e. The fourth-order valence-corrected chi connectivity index (χ4v) is 1.81. The molecule has 0 aliphatic carbocycles. The molecule has 0 spiro atoms. The SMILES string of the molecule is COc1ccc(C(=O)NC(CC(=O)O)C(C)(C)C)c(O)c1. The van der Waals surface area contributed by atoms with Crippen molar-refractivity contribution < 1.29 is 24.5 Å². The molecule has 116 valence electrons. The third kappa shape index (κ3) is 4.66. The third-order valence-corrected chi connectivity index (χ3v) is 3.18. The molecule has 1 aromatic carbocycles. The van der Waals surface area contributed by atoms with Gasteiger partial charge in [0.25, 0.3) is 5.91 Å². The number of carboxylic acid groups (broad SMARTS) is 1. The number of hydrogen-bond acceptors (Lipinski definition) is 4. The van der Waals surface area contributed by atoms with E-state index in [-0.39, 0.29) is 17.7 Å². The van der Waals surface area contributed by atoms with E-state index in [9.17, 15) is 14.7 Å². The summed E-state index contributed by atoms with van der Waals surface area (Å²) in [7, 11) is 1.46. The molecule has 3 N–H and O–H groups in total. The number of benzene rings is 1. The highest BCUT2D eigenvalue weighted by Gasteiger charge is 2.29. The smallest absolute Gasteiger partial charge is 0.305 e. The summed E-state index contributed by atoms with van der Waals surface area (Å²) in [6.07, 6.45) is -0.188. The summed E-state index contributed by atoms with van der Waals surface area (Å²) in [4.78, 5) is 23.1. The van der Waals surface area contributed by atoms with Crippen LogP contribution >= 0.6 is 0 Å². The third-order valence-electron chi connectivity index (χ3n) is 3.18. The van der Waals surface area contributed by atoms with Crippen LogP contribution < -0.4 is 10.1 Å². The van der Waals surface area contributed by atoms with Crippen molar-refractivity contribution in [3.63, 3.8) is 0 Å². The Morgan fingerprint density at radius 2 is 1.95 bits per heavy atom. The second kappa shape index (κ2) is 6.47. The van der Waals surface area contributed by atoms with Crippen LogP contribution in [0.2, 0.25) is 0 Å². The van der Waals surface area contributed by atoms with Crippen LogP contribution in [-0.4, -0.2) is 35.2 Å². The van der Waals surface area contributed by atoms with Gasteiger partial charge in [0.05, 0.1) is 19.1 Å². The number of carbonyl (C=O) groups excluding carboxylic acids is 1. The summed E-state index contributed by atoms with van der Waals surface area (Å²) < 4.78 is 4.95. The molecular weight excluding hydrogens is 274 g/mol. The van der Waals surface area contributed by atoms with Gasteiger partial charge >= 0.3 is 5.97 Å². The average molecular weight is 295 g/mol. The van der Waals surface area contributed by atoms with Gasteiger partial charge in [0.2, 0.25) is 0 Å². The first kappa shape index (κ1) is 16.8. The topological polar surface area (TPSA) is 95.9 Å². The van der Waals surface area contributed by atoms with Gasteiger partial charge in [-0.2, -0.15) is 0 Å². The maximum absolute atomic E-state index is 12.2. The first-order chi connectivity index (χ1) is 9.65.